The molecule has 43 heavy (non-hydrogen) atoms. The van der Waals surface area contributed by atoms with Crippen LogP contribution in [0.3, 0.4) is 0 Å². The van der Waals surface area contributed by atoms with Crippen molar-refractivity contribution in [1.29, 1.82) is 5.26 Å². The molecule has 2 aromatic heterocycles. The van der Waals surface area contributed by atoms with E-state index >= 15 is 0 Å². The van der Waals surface area contributed by atoms with Gasteiger partial charge in [-0.3, -0.25) is 0 Å². The van der Waals surface area contributed by atoms with E-state index in [0.29, 0.717) is 51.9 Å². The van der Waals surface area contributed by atoms with Crippen LogP contribution in [0.1, 0.15) is 49.7 Å². The lowest BCUT2D eigenvalue weighted by Crippen LogP contribution is -2.38. The van der Waals surface area contributed by atoms with Gasteiger partial charge in [-0.15, -0.1) is 0 Å². The monoisotopic (exact) mass is 616 g/mol. The summed E-state index contributed by atoms with van der Waals surface area (Å²) in [6, 6.07) is 13.8. The summed E-state index contributed by atoms with van der Waals surface area (Å²) in [4.78, 5) is 4.83. The Bertz CT molecular complexity index is 1940. The van der Waals surface area contributed by atoms with Gasteiger partial charge in [-0.1, -0.05) is 55.6 Å². The van der Waals surface area contributed by atoms with E-state index in [1.807, 2.05) is 48.8 Å². The molecule has 2 heterocycles. The van der Waals surface area contributed by atoms with Gasteiger partial charge in [0.2, 0.25) is 10.0 Å². The van der Waals surface area contributed by atoms with Crippen LogP contribution in [0.15, 0.2) is 66.4 Å². The van der Waals surface area contributed by atoms with Crippen molar-refractivity contribution >= 4 is 40.0 Å². The fourth-order valence-electron chi connectivity index (χ4n) is 5.84. The van der Waals surface area contributed by atoms with Crippen LogP contribution in [0, 0.1) is 18.3 Å². The quantitative estimate of drug-likeness (QED) is 0.168. The summed E-state index contributed by atoms with van der Waals surface area (Å²) in [5.74, 6) is 0.356. The molecule has 0 fully saturated rings. The Hall–Kier alpha value is -3.49. The lowest BCUT2D eigenvalue weighted by Gasteiger charge is -2.29. The number of allylic oxidation sites excluding steroid dienone is 3. The Morgan fingerprint density at radius 1 is 1.19 bits per heavy atom. The second kappa shape index (κ2) is 10.9. The van der Waals surface area contributed by atoms with Crippen molar-refractivity contribution in [1.82, 2.24) is 13.5 Å². The van der Waals surface area contributed by atoms with Gasteiger partial charge in [0.15, 0.2) is 0 Å². The first kappa shape index (κ1) is 30.9. The molecule has 8 nitrogen and oxygen atoms in total. The third-order valence-electron chi connectivity index (χ3n) is 8.35. The molecule has 5 rings (SSSR count). The fraction of sp³-hybridized carbons (Fsp3) is 0.394. The van der Waals surface area contributed by atoms with Gasteiger partial charge in [-0.05, 0) is 70.0 Å². The van der Waals surface area contributed by atoms with Crippen molar-refractivity contribution < 1.29 is 18.3 Å². The number of nitrogens with zero attached hydrogens (tertiary/aromatic N) is 4. The number of hydrogen-bond donors (Lipinski definition) is 1. The Morgan fingerprint density at radius 2 is 1.93 bits per heavy atom. The zero-order valence-corrected chi connectivity index (χ0v) is 27.8. The van der Waals surface area contributed by atoms with E-state index in [9.17, 15) is 18.8 Å². The first-order valence-electron chi connectivity index (χ1n) is 14.5. The summed E-state index contributed by atoms with van der Waals surface area (Å²) in [5.41, 5.74) is 2.92. The van der Waals surface area contributed by atoms with Crippen LogP contribution in [0.5, 0.6) is 0 Å². The van der Waals surface area contributed by atoms with Gasteiger partial charge in [-0.25, -0.2) is 17.4 Å². The maximum Gasteiger partial charge on any atom is 0.248 e. The number of aryl methyl sites for hydroxylation is 1. The van der Waals surface area contributed by atoms with Crippen LogP contribution < -0.4 is 0 Å². The smallest absolute Gasteiger partial charge is 0.248 e. The summed E-state index contributed by atoms with van der Waals surface area (Å²) in [5, 5.41) is 22.5. The average molecular weight is 617 g/mol. The van der Waals surface area contributed by atoms with Gasteiger partial charge in [0, 0.05) is 31.8 Å². The van der Waals surface area contributed by atoms with E-state index in [1.165, 1.54) is 3.97 Å². The summed E-state index contributed by atoms with van der Waals surface area (Å²) < 4.78 is 36.5. The molecule has 2 aromatic carbocycles. The van der Waals surface area contributed by atoms with Gasteiger partial charge in [0.05, 0.1) is 28.2 Å². The third-order valence-corrected chi connectivity index (χ3v) is 12.3. The minimum atomic E-state index is -3.85. The number of imidazole rings is 1. The third kappa shape index (κ3) is 5.51. The Kier molecular flexibility index (Phi) is 7.84. The van der Waals surface area contributed by atoms with Crippen LogP contribution in [-0.2, 0) is 27.1 Å². The summed E-state index contributed by atoms with van der Waals surface area (Å²) in [6.45, 7) is 14.8. The number of aliphatic hydroxyl groups is 1. The predicted molar refractivity (Wildman–Crippen MR) is 174 cm³/mol. The molecule has 0 aliphatic heterocycles. The van der Waals surface area contributed by atoms with Gasteiger partial charge in [-0.2, -0.15) is 5.26 Å². The van der Waals surface area contributed by atoms with E-state index in [1.54, 1.807) is 44.3 Å². The number of nitriles is 1. The molecule has 226 valence electrons. The van der Waals surface area contributed by atoms with Gasteiger partial charge in [0.25, 0.3) is 0 Å². The zero-order valence-electron chi connectivity index (χ0n) is 26.0. The standard InChI is InChI=1S/C33H40N4O4SSi/c1-23-9-8-15-32(3,20-23)42(39,40)37-16-14-26-27(12-10-24(2)30(26)37)33(4,38)31-35-28-13-11-25(21-34)19-29(28)36(31)22-41-17-18-43(5,6)7/h8-14,16,19-20,38H,15,17-18,22H2,1-7H3. The molecule has 10 heteroatoms. The van der Waals surface area contributed by atoms with E-state index in [2.05, 4.69) is 25.7 Å². The number of rotatable bonds is 9. The van der Waals surface area contributed by atoms with Crippen LogP contribution in [0.2, 0.25) is 25.7 Å². The molecule has 0 bridgehead atoms. The topological polar surface area (TPSA) is 110 Å². The first-order chi connectivity index (χ1) is 20.1. The molecular weight excluding hydrogens is 577 g/mol. The highest BCUT2D eigenvalue weighted by molar-refractivity contribution is 7.91. The molecular formula is C33H40N4O4SSi. The van der Waals surface area contributed by atoms with Crippen molar-refractivity contribution in [3.63, 3.8) is 0 Å². The maximum absolute atomic E-state index is 14.1. The molecule has 2 atom stereocenters. The maximum atomic E-state index is 14.1. The highest BCUT2D eigenvalue weighted by Gasteiger charge is 2.41. The molecule has 0 radical (unpaired) electrons. The van der Waals surface area contributed by atoms with Gasteiger partial charge in [0.1, 0.15) is 22.9 Å². The molecule has 0 saturated carbocycles. The van der Waals surface area contributed by atoms with Crippen LogP contribution >= 0.6 is 0 Å². The Balaban J connectivity index is 1.65. The van der Waals surface area contributed by atoms with Crippen molar-refractivity contribution in [3.8, 4) is 6.07 Å². The second-order valence-electron chi connectivity index (χ2n) is 13.2. The normalized spacial score (nSPS) is 19.0. The highest BCUT2D eigenvalue weighted by atomic mass is 32.2. The molecule has 0 amide bonds. The molecule has 1 aliphatic rings. The summed E-state index contributed by atoms with van der Waals surface area (Å²) in [6.07, 6.45) is 7.60. The summed E-state index contributed by atoms with van der Waals surface area (Å²) in [7, 11) is -5.17. The van der Waals surface area contributed by atoms with Crippen LogP contribution in [-0.4, -0.2) is 46.5 Å². The molecule has 2 unspecified atom stereocenters. The lowest BCUT2D eigenvalue weighted by molar-refractivity contribution is 0.0571. The number of benzene rings is 2. The molecule has 1 aliphatic carbocycles. The number of ether oxygens (including phenoxy) is 1. The lowest BCUT2D eigenvalue weighted by atomic mass is 9.91. The van der Waals surface area contributed by atoms with E-state index in [4.69, 9.17) is 9.72 Å². The number of fused-ring (bicyclic) bond motifs is 2. The largest absolute Gasteiger partial charge is 0.377 e. The predicted octanol–water partition coefficient (Wildman–Crippen LogP) is 6.58. The van der Waals surface area contributed by atoms with E-state index in [-0.39, 0.29) is 6.73 Å². The zero-order chi connectivity index (χ0) is 31.4. The van der Waals surface area contributed by atoms with Crippen LogP contribution in [0.4, 0.5) is 0 Å². The minimum absolute atomic E-state index is 0.156. The van der Waals surface area contributed by atoms with Gasteiger partial charge >= 0.3 is 0 Å². The minimum Gasteiger partial charge on any atom is -0.377 e. The molecule has 4 aromatic rings. The molecule has 0 spiro atoms. The van der Waals surface area contributed by atoms with Crippen molar-refractivity contribution in [3.05, 3.63) is 88.9 Å². The Labute approximate surface area is 255 Å². The Morgan fingerprint density at radius 3 is 2.60 bits per heavy atom. The van der Waals surface area contributed by atoms with Crippen molar-refractivity contribution in [2.45, 2.75) is 76.9 Å². The summed E-state index contributed by atoms with van der Waals surface area (Å²) >= 11 is 0. The SMILES string of the molecule is CC1=CC(C)(S(=O)(=O)n2ccc3c(C(C)(O)c4nc5ccc(C#N)cc5n4COCC[Si](C)(C)C)ccc(C)c32)CC=C1. The number of aromatic nitrogens is 3. The van der Waals surface area contributed by atoms with Gasteiger partial charge < -0.3 is 14.4 Å². The number of hydrogen-bond acceptors (Lipinski definition) is 6. The van der Waals surface area contributed by atoms with Crippen molar-refractivity contribution in [2.75, 3.05) is 6.61 Å². The second-order valence-corrected chi connectivity index (χ2v) is 21.1. The van der Waals surface area contributed by atoms with E-state index < -0.39 is 28.4 Å². The highest BCUT2D eigenvalue weighted by Crippen LogP contribution is 2.39. The first-order valence-corrected chi connectivity index (χ1v) is 19.7. The van der Waals surface area contributed by atoms with Crippen LogP contribution in [0.25, 0.3) is 21.9 Å². The van der Waals surface area contributed by atoms with Crippen molar-refractivity contribution in [2.24, 2.45) is 0 Å². The average Bonchev–Trinajstić information content (AvgIpc) is 3.54. The molecule has 1 N–H and O–H groups in total. The van der Waals surface area contributed by atoms with E-state index in [0.717, 1.165) is 17.2 Å². The molecule has 0 saturated heterocycles. The fourth-order valence-corrected chi connectivity index (χ4v) is 8.39.